The summed E-state index contributed by atoms with van der Waals surface area (Å²) in [6.45, 7) is 4.20. The molecule has 0 saturated carbocycles. The van der Waals surface area contributed by atoms with Crippen LogP contribution < -0.4 is 9.47 Å². The Bertz CT molecular complexity index is 759. The third-order valence-corrected chi connectivity index (χ3v) is 4.71. The van der Waals surface area contributed by atoms with E-state index in [1.54, 1.807) is 12.1 Å². The summed E-state index contributed by atoms with van der Waals surface area (Å²) in [6, 6.07) is 9.48. The smallest absolute Gasteiger partial charge is 0.289 e. The van der Waals surface area contributed by atoms with E-state index in [-0.39, 0.29) is 18.3 Å². The zero-order valence-electron chi connectivity index (χ0n) is 13.4. The Morgan fingerprint density at radius 3 is 2.52 bits per heavy atom. The minimum absolute atomic E-state index is 0. The van der Waals surface area contributed by atoms with Crippen LogP contribution in [0.15, 0.2) is 39.4 Å². The number of hydrogen-bond donors (Lipinski definition) is 0. The van der Waals surface area contributed by atoms with E-state index in [9.17, 15) is 4.79 Å². The quantitative estimate of drug-likeness (QED) is 0.750. The first-order chi connectivity index (χ1) is 11.7. The van der Waals surface area contributed by atoms with Crippen LogP contribution in [-0.4, -0.2) is 48.7 Å². The number of amides is 1. The summed E-state index contributed by atoms with van der Waals surface area (Å²) >= 11 is 3.23. The molecule has 1 fully saturated rings. The van der Waals surface area contributed by atoms with Crippen molar-refractivity contribution in [2.24, 2.45) is 0 Å². The van der Waals surface area contributed by atoms with E-state index < -0.39 is 0 Å². The number of carbonyl (C=O) groups is 1. The third kappa shape index (κ3) is 3.94. The van der Waals surface area contributed by atoms with Crippen LogP contribution in [0.4, 0.5) is 0 Å². The van der Waals surface area contributed by atoms with E-state index >= 15 is 0 Å². The number of benzene rings is 1. The van der Waals surface area contributed by atoms with Gasteiger partial charge in [0.2, 0.25) is 6.79 Å². The Morgan fingerprint density at radius 2 is 1.80 bits per heavy atom. The van der Waals surface area contributed by atoms with E-state index in [0.29, 0.717) is 30.3 Å². The van der Waals surface area contributed by atoms with Gasteiger partial charge in [-0.05, 0) is 45.8 Å². The number of hydrogen-bond acceptors (Lipinski definition) is 5. The largest absolute Gasteiger partial charge is 0.454 e. The lowest BCUT2D eigenvalue weighted by Gasteiger charge is -2.34. The average molecular weight is 430 g/mol. The van der Waals surface area contributed by atoms with Gasteiger partial charge < -0.3 is 18.8 Å². The van der Waals surface area contributed by atoms with Crippen molar-refractivity contribution in [1.29, 1.82) is 0 Å². The first-order valence-electron chi connectivity index (χ1n) is 7.84. The van der Waals surface area contributed by atoms with Crippen LogP contribution in [0.5, 0.6) is 11.5 Å². The molecule has 1 aromatic heterocycles. The highest BCUT2D eigenvalue weighted by Gasteiger charge is 2.24. The topological polar surface area (TPSA) is 55.2 Å². The molecule has 0 atom stereocenters. The molecule has 3 heterocycles. The number of ether oxygens (including phenoxy) is 2. The van der Waals surface area contributed by atoms with Crippen molar-refractivity contribution in [3.63, 3.8) is 0 Å². The van der Waals surface area contributed by atoms with Gasteiger partial charge in [-0.3, -0.25) is 9.69 Å². The fourth-order valence-corrected chi connectivity index (χ4v) is 3.30. The fourth-order valence-electron chi connectivity index (χ4n) is 2.99. The number of piperazine rings is 1. The lowest BCUT2D eigenvalue weighted by molar-refractivity contribution is 0.0596. The van der Waals surface area contributed by atoms with Crippen molar-refractivity contribution < 1.29 is 18.7 Å². The van der Waals surface area contributed by atoms with E-state index in [0.717, 1.165) is 31.1 Å². The number of rotatable bonds is 3. The number of halogens is 2. The van der Waals surface area contributed by atoms with Crippen molar-refractivity contribution in [1.82, 2.24) is 9.80 Å². The zero-order chi connectivity index (χ0) is 16.5. The Balaban J connectivity index is 0.00000182. The molecular weight excluding hydrogens is 412 g/mol. The van der Waals surface area contributed by atoms with Gasteiger partial charge >= 0.3 is 0 Å². The second-order valence-electron chi connectivity index (χ2n) is 5.86. The van der Waals surface area contributed by atoms with E-state index in [4.69, 9.17) is 13.9 Å². The molecule has 8 heteroatoms. The van der Waals surface area contributed by atoms with Crippen LogP contribution in [0.25, 0.3) is 0 Å². The predicted molar refractivity (Wildman–Crippen MR) is 97.4 cm³/mol. The van der Waals surface area contributed by atoms with Gasteiger partial charge in [0.15, 0.2) is 21.9 Å². The van der Waals surface area contributed by atoms with Gasteiger partial charge in [0.05, 0.1) is 0 Å². The Morgan fingerprint density at radius 1 is 1.04 bits per heavy atom. The van der Waals surface area contributed by atoms with Crippen LogP contribution in [0.2, 0.25) is 0 Å². The summed E-state index contributed by atoms with van der Waals surface area (Å²) in [5.41, 5.74) is 1.19. The molecule has 6 nitrogen and oxygen atoms in total. The van der Waals surface area contributed by atoms with Crippen LogP contribution in [0.3, 0.4) is 0 Å². The first kappa shape index (κ1) is 18.1. The van der Waals surface area contributed by atoms with Gasteiger partial charge in [-0.1, -0.05) is 6.07 Å². The standard InChI is InChI=1S/C17H17BrN2O4.ClH/c18-16-4-3-14(24-16)17(21)20-7-5-19(6-8-20)10-12-1-2-13-15(9-12)23-11-22-13;/h1-4,9H,5-8,10-11H2;1H. The summed E-state index contributed by atoms with van der Waals surface area (Å²) in [5, 5.41) is 0. The highest BCUT2D eigenvalue weighted by molar-refractivity contribution is 9.10. The molecule has 4 rings (SSSR count). The Labute approximate surface area is 160 Å². The van der Waals surface area contributed by atoms with Gasteiger partial charge in [0.25, 0.3) is 5.91 Å². The highest BCUT2D eigenvalue weighted by atomic mass is 79.9. The second-order valence-corrected chi connectivity index (χ2v) is 6.64. The fraction of sp³-hybridized carbons (Fsp3) is 0.353. The van der Waals surface area contributed by atoms with Crippen LogP contribution in [0, 0.1) is 0 Å². The van der Waals surface area contributed by atoms with Crippen molar-refractivity contribution in [3.8, 4) is 11.5 Å². The van der Waals surface area contributed by atoms with Crippen molar-refractivity contribution >= 4 is 34.2 Å². The Kier molecular flexibility index (Phi) is 5.56. The van der Waals surface area contributed by atoms with E-state index in [2.05, 4.69) is 26.9 Å². The summed E-state index contributed by atoms with van der Waals surface area (Å²) in [7, 11) is 0. The van der Waals surface area contributed by atoms with Crippen LogP contribution in [-0.2, 0) is 6.54 Å². The minimum atomic E-state index is -0.0524. The van der Waals surface area contributed by atoms with Gasteiger partial charge in [0, 0.05) is 32.7 Å². The number of carbonyl (C=O) groups excluding carboxylic acids is 1. The summed E-state index contributed by atoms with van der Waals surface area (Å²) < 4.78 is 16.7. The number of fused-ring (bicyclic) bond motifs is 1. The molecule has 0 N–H and O–H groups in total. The molecule has 2 aliphatic rings. The zero-order valence-corrected chi connectivity index (χ0v) is 15.8. The summed E-state index contributed by atoms with van der Waals surface area (Å²) in [4.78, 5) is 16.5. The molecule has 134 valence electrons. The predicted octanol–water partition coefficient (Wildman–Crippen LogP) is 3.15. The maximum absolute atomic E-state index is 12.4. The first-order valence-corrected chi connectivity index (χ1v) is 8.64. The van der Waals surface area contributed by atoms with E-state index in [1.807, 2.05) is 17.0 Å². The third-order valence-electron chi connectivity index (χ3n) is 4.29. The minimum Gasteiger partial charge on any atom is -0.454 e. The van der Waals surface area contributed by atoms with Crippen LogP contribution >= 0.6 is 28.3 Å². The lowest BCUT2D eigenvalue weighted by atomic mass is 10.1. The molecule has 0 radical (unpaired) electrons. The highest BCUT2D eigenvalue weighted by Crippen LogP contribution is 2.32. The van der Waals surface area contributed by atoms with Crippen LogP contribution in [0.1, 0.15) is 16.1 Å². The Hall–Kier alpha value is -1.70. The molecule has 1 aromatic carbocycles. The van der Waals surface area contributed by atoms with Crippen molar-refractivity contribution in [3.05, 3.63) is 46.3 Å². The monoisotopic (exact) mass is 428 g/mol. The molecule has 25 heavy (non-hydrogen) atoms. The van der Waals surface area contributed by atoms with Gasteiger partial charge in [-0.2, -0.15) is 0 Å². The molecule has 0 unspecified atom stereocenters. The van der Waals surface area contributed by atoms with Crippen molar-refractivity contribution in [2.45, 2.75) is 6.54 Å². The van der Waals surface area contributed by atoms with Gasteiger partial charge in [-0.15, -0.1) is 12.4 Å². The second kappa shape index (κ2) is 7.68. The summed E-state index contributed by atoms with van der Waals surface area (Å²) in [5.74, 6) is 1.94. The van der Waals surface area contributed by atoms with E-state index in [1.165, 1.54) is 5.56 Å². The summed E-state index contributed by atoms with van der Waals surface area (Å²) in [6.07, 6.45) is 0. The van der Waals surface area contributed by atoms with Gasteiger partial charge in [0.1, 0.15) is 0 Å². The molecule has 0 bridgehead atoms. The SMILES string of the molecule is Cl.O=C(c1ccc(Br)o1)N1CCN(Cc2ccc3c(c2)OCO3)CC1. The lowest BCUT2D eigenvalue weighted by Crippen LogP contribution is -2.48. The van der Waals surface area contributed by atoms with Crippen molar-refractivity contribution in [2.75, 3.05) is 33.0 Å². The number of furan rings is 1. The maximum Gasteiger partial charge on any atom is 0.289 e. The normalized spacial score (nSPS) is 16.6. The molecule has 2 aromatic rings. The van der Waals surface area contributed by atoms with Gasteiger partial charge in [-0.25, -0.2) is 0 Å². The number of nitrogens with zero attached hydrogens (tertiary/aromatic N) is 2. The molecule has 1 saturated heterocycles. The average Bonchev–Trinajstić information content (AvgIpc) is 3.23. The molecule has 0 spiro atoms. The molecule has 1 amide bonds. The maximum atomic E-state index is 12.4. The molecule has 2 aliphatic heterocycles. The molecule has 0 aliphatic carbocycles. The molecular formula is C17H18BrClN2O4.